The molecule has 4 nitrogen and oxygen atoms in total. The number of imide groups is 1. The highest BCUT2D eigenvalue weighted by molar-refractivity contribution is 8.00. The number of phenolic OH excluding ortho intramolecular Hbond substituents is 1. The molecule has 1 N–H and O–H groups in total. The highest BCUT2D eigenvalue weighted by atomic mass is 35.5. The van der Waals surface area contributed by atoms with E-state index >= 15 is 0 Å². The Balaban J connectivity index is 2.38. The standard InChI is InChI=1S/C10H8ClNO3S/c11-7-3-6(1-2-8(7)13)12-9(14)4-16-5-10(12)15/h1-3,13H,4-5H2. The fraction of sp³-hybridized carbons (Fsp3) is 0.200. The van der Waals surface area contributed by atoms with Crippen LogP contribution in [0.5, 0.6) is 5.75 Å². The number of carbonyl (C=O) groups is 2. The Morgan fingerprint density at radius 1 is 1.25 bits per heavy atom. The predicted molar refractivity (Wildman–Crippen MR) is 62.9 cm³/mol. The summed E-state index contributed by atoms with van der Waals surface area (Å²) in [5.41, 5.74) is 0.401. The summed E-state index contributed by atoms with van der Waals surface area (Å²) in [6, 6.07) is 4.26. The number of carbonyl (C=O) groups excluding carboxylic acids is 2. The first-order valence-electron chi connectivity index (χ1n) is 4.51. The average molecular weight is 258 g/mol. The molecule has 0 radical (unpaired) electrons. The summed E-state index contributed by atoms with van der Waals surface area (Å²) in [4.78, 5) is 24.3. The van der Waals surface area contributed by atoms with Crippen LogP contribution >= 0.6 is 23.4 Å². The lowest BCUT2D eigenvalue weighted by Crippen LogP contribution is -2.43. The molecular weight excluding hydrogens is 250 g/mol. The van der Waals surface area contributed by atoms with Gasteiger partial charge in [-0.2, -0.15) is 0 Å². The molecule has 1 saturated heterocycles. The Morgan fingerprint density at radius 2 is 1.88 bits per heavy atom. The van der Waals surface area contributed by atoms with Crippen molar-refractivity contribution < 1.29 is 14.7 Å². The summed E-state index contributed by atoms with van der Waals surface area (Å²) in [6.07, 6.45) is 0. The maximum atomic E-state index is 11.6. The van der Waals surface area contributed by atoms with E-state index in [0.717, 1.165) is 4.90 Å². The van der Waals surface area contributed by atoms with Gasteiger partial charge in [0.2, 0.25) is 11.8 Å². The van der Waals surface area contributed by atoms with Gasteiger partial charge in [0.25, 0.3) is 0 Å². The predicted octanol–water partition coefficient (Wildman–Crippen LogP) is 1.65. The van der Waals surface area contributed by atoms with Crippen LogP contribution in [0.25, 0.3) is 0 Å². The second kappa shape index (κ2) is 4.35. The van der Waals surface area contributed by atoms with E-state index in [-0.39, 0.29) is 34.1 Å². The normalized spacial score (nSPS) is 16.7. The van der Waals surface area contributed by atoms with Crippen molar-refractivity contribution >= 4 is 40.9 Å². The number of benzene rings is 1. The molecule has 1 fully saturated rings. The molecule has 1 heterocycles. The molecule has 1 aliphatic rings. The van der Waals surface area contributed by atoms with Crippen LogP contribution in [-0.4, -0.2) is 28.4 Å². The second-order valence-corrected chi connectivity index (χ2v) is 4.64. The molecule has 2 rings (SSSR count). The van der Waals surface area contributed by atoms with Gasteiger partial charge in [0.15, 0.2) is 0 Å². The summed E-state index contributed by atoms with van der Waals surface area (Å²) in [5.74, 6) is -0.0308. The van der Waals surface area contributed by atoms with Crippen molar-refractivity contribution in [2.75, 3.05) is 16.4 Å². The van der Waals surface area contributed by atoms with Crippen LogP contribution in [0.15, 0.2) is 18.2 Å². The van der Waals surface area contributed by atoms with E-state index in [4.69, 9.17) is 11.6 Å². The van der Waals surface area contributed by atoms with Gasteiger partial charge < -0.3 is 5.11 Å². The molecule has 6 heteroatoms. The number of hydrogen-bond acceptors (Lipinski definition) is 4. The molecule has 0 atom stereocenters. The van der Waals surface area contributed by atoms with E-state index < -0.39 is 0 Å². The number of thioether (sulfide) groups is 1. The van der Waals surface area contributed by atoms with Crippen LogP contribution in [0, 0.1) is 0 Å². The maximum Gasteiger partial charge on any atom is 0.243 e. The summed E-state index contributed by atoms with van der Waals surface area (Å²) < 4.78 is 0. The fourth-order valence-corrected chi connectivity index (χ4v) is 2.30. The molecule has 0 spiro atoms. The monoisotopic (exact) mass is 257 g/mol. The molecule has 0 bridgehead atoms. The molecule has 0 aliphatic carbocycles. The maximum absolute atomic E-state index is 11.6. The Hall–Kier alpha value is -1.20. The van der Waals surface area contributed by atoms with Crippen LogP contribution in [0.4, 0.5) is 5.69 Å². The minimum atomic E-state index is -0.261. The Labute approximate surface area is 101 Å². The summed E-state index contributed by atoms with van der Waals surface area (Å²) in [5, 5.41) is 9.37. The number of nitrogens with zero attached hydrogens (tertiary/aromatic N) is 1. The minimum Gasteiger partial charge on any atom is -0.506 e. The molecule has 1 aliphatic heterocycles. The number of hydrogen-bond donors (Lipinski definition) is 1. The molecule has 0 unspecified atom stereocenters. The summed E-state index contributed by atoms with van der Waals surface area (Å²) >= 11 is 7.02. The third-order valence-electron chi connectivity index (χ3n) is 2.14. The van der Waals surface area contributed by atoms with Gasteiger partial charge in [0.05, 0.1) is 22.2 Å². The lowest BCUT2D eigenvalue weighted by atomic mass is 10.2. The third kappa shape index (κ3) is 2.01. The molecular formula is C10H8ClNO3S. The van der Waals surface area contributed by atoms with Crippen LogP contribution in [0.2, 0.25) is 5.02 Å². The van der Waals surface area contributed by atoms with E-state index in [0.29, 0.717) is 5.69 Å². The van der Waals surface area contributed by atoms with Crippen molar-refractivity contribution in [3.8, 4) is 5.75 Å². The van der Waals surface area contributed by atoms with Gasteiger partial charge in [0.1, 0.15) is 5.75 Å². The first-order chi connectivity index (χ1) is 7.59. The van der Waals surface area contributed by atoms with Crippen LogP contribution in [0.1, 0.15) is 0 Å². The van der Waals surface area contributed by atoms with Gasteiger partial charge in [0, 0.05) is 0 Å². The number of rotatable bonds is 1. The Kier molecular flexibility index (Phi) is 3.07. The van der Waals surface area contributed by atoms with Crippen molar-refractivity contribution in [2.45, 2.75) is 0 Å². The van der Waals surface area contributed by atoms with Gasteiger partial charge in [-0.3, -0.25) is 9.59 Å². The van der Waals surface area contributed by atoms with E-state index in [1.807, 2.05) is 0 Å². The lowest BCUT2D eigenvalue weighted by molar-refractivity contribution is -0.124. The number of anilines is 1. The molecule has 16 heavy (non-hydrogen) atoms. The molecule has 2 amide bonds. The van der Waals surface area contributed by atoms with Crippen LogP contribution in [-0.2, 0) is 9.59 Å². The van der Waals surface area contributed by atoms with Gasteiger partial charge >= 0.3 is 0 Å². The Morgan fingerprint density at radius 3 is 2.44 bits per heavy atom. The van der Waals surface area contributed by atoms with E-state index in [9.17, 15) is 14.7 Å². The Bertz CT molecular complexity index is 447. The zero-order valence-electron chi connectivity index (χ0n) is 8.14. The minimum absolute atomic E-state index is 0.0725. The van der Waals surface area contributed by atoms with E-state index in [2.05, 4.69) is 0 Å². The zero-order chi connectivity index (χ0) is 11.7. The number of phenols is 1. The first kappa shape index (κ1) is 11.3. The smallest absolute Gasteiger partial charge is 0.243 e. The van der Waals surface area contributed by atoms with E-state index in [1.165, 1.54) is 30.0 Å². The van der Waals surface area contributed by atoms with Gasteiger partial charge in [-0.05, 0) is 18.2 Å². The SMILES string of the molecule is O=C1CSCC(=O)N1c1ccc(O)c(Cl)c1. The topological polar surface area (TPSA) is 57.6 Å². The summed E-state index contributed by atoms with van der Waals surface area (Å²) in [6.45, 7) is 0. The van der Waals surface area contributed by atoms with Crippen LogP contribution < -0.4 is 4.90 Å². The molecule has 0 saturated carbocycles. The van der Waals surface area contributed by atoms with Crippen molar-refractivity contribution in [3.63, 3.8) is 0 Å². The van der Waals surface area contributed by atoms with Gasteiger partial charge in [-0.25, -0.2) is 4.90 Å². The van der Waals surface area contributed by atoms with Crippen molar-refractivity contribution in [2.24, 2.45) is 0 Å². The van der Waals surface area contributed by atoms with Crippen LogP contribution in [0.3, 0.4) is 0 Å². The number of amides is 2. The largest absolute Gasteiger partial charge is 0.506 e. The van der Waals surface area contributed by atoms with Gasteiger partial charge in [-0.15, -0.1) is 11.8 Å². The lowest BCUT2D eigenvalue weighted by Gasteiger charge is -2.24. The van der Waals surface area contributed by atoms with Crippen molar-refractivity contribution in [1.82, 2.24) is 0 Å². The molecule has 1 aromatic rings. The van der Waals surface area contributed by atoms with Gasteiger partial charge in [-0.1, -0.05) is 11.6 Å². The number of aromatic hydroxyl groups is 1. The second-order valence-electron chi connectivity index (χ2n) is 3.25. The first-order valence-corrected chi connectivity index (χ1v) is 6.05. The molecule has 0 aromatic heterocycles. The summed E-state index contributed by atoms with van der Waals surface area (Å²) in [7, 11) is 0. The van der Waals surface area contributed by atoms with E-state index in [1.54, 1.807) is 0 Å². The van der Waals surface area contributed by atoms with Crippen molar-refractivity contribution in [1.29, 1.82) is 0 Å². The number of halogens is 1. The molecule has 1 aromatic carbocycles. The van der Waals surface area contributed by atoms with Crippen molar-refractivity contribution in [3.05, 3.63) is 23.2 Å². The highest BCUT2D eigenvalue weighted by Gasteiger charge is 2.28. The third-order valence-corrected chi connectivity index (χ3v) is 3.34. The quantitative estimate of drug-likeness (QED) is 0.778. The average Bonchev–Trinajstić information content (AvgIpc) is 2.23. The zero-order valence-corrected chi connectivity index (χ0v) is 9.72. The highest BCUT2D eigenvalue weighted by Crippen LogP contribution is 2.30. The fourth-order valence-electron chi connectivity index (χ4n) is 1.42. The molecule has 84 valence electrons.